The van der Waals surface area contributed by atoms with Crippen molar-refractivity contribution >= 4 is 17.1 Å². The van der Waals surface area contributed by atoms with Gasteiger partial charge in [-0.3, -0.25) is 0 Å². The van der Waals surface area contributed by atoms with E-state index in [1.54, 1.807) is 13.2 Å². The second kappa shape index (κ2) is 10.5. The molecule has 0 aliphatic carbocycles. The fraction of sp³-hybridized carbons (Fsp3) is 0.269. The molecule has 1 aliphatic heterocycles. The number of ether oxygens (including phenoxy) is 2. The van der Waals surface area contributed by atoms with Gasteiger partial charge in [0, 0.05) is 17.1 Å². The lowest BCUT2D eigenvalue weighted by molar-refractivity contribution is -0.131. The Morgan fingerprint density at radius 2 is 1.87 bits per heavy atom. The minimum atomic E-state index is -0.929. The maximum Gasteiger partial charge on any atom is 0.328 e. The first-order valence-corrected chi connectivity index (χ1v) is 9.89. The summed E-state index contributed by atoms with van der Waals surface area (Å²) in [7, 11) is 1.68. The predicted molar refractivity (Wildman–Crippen MR) is 123 cm³/mol. The van der Waals surface area contributed by atoms with Crippen molar-refractivity contribution < 1.29 is 19.4 Å². The standard InChI is InChI=1S/C14H18O2.C12H12O2/c1-10-8-14(2,3)9-16-13-6-5-11(15-4)7-12(10)13;1-2-6-11(9-12(13)14)10-7-4-3-5-8-10/h5-8H,9H2,1-4H3;2-9H,1H3,(H,13,14)/b;6-2+,11-9-. The van der Waals surface area contributed by atoms with Crippen LogP contribution in [0.1, 0.15) is 38.8 Å². The van der Waals surface area contributed by atoms with Gasteiger partial charge in [-0.15, -0.1) is 0 Å². The molecule has 0 aromatic heterocycles. The van der Waals surface area contributed by atoms with Gasteiger partial charge in [0.2, 0.25) is 0 Å². The van der Waals surface area contributed by atoms with Gasteiger partial charge in [-0.25, -0.2) is 4.79 Å². The molecule has 0 atom stereocenters. The summed E-state index contributed by atoms with van der Waals surface area (Å²) >= 11 is 0. The van der Waals surface area contributed by atoms with Gasteiger partial charge >= 0.3 is 5.97 Å². The van der Waals surface area contributed by atoms with Crippen molar-refractivity contribution in [3.8, 4) is 11.5 Å². The number of carboxylic acids is 1. The Kier molecular flexibility index (Phi) is 8.05. The Morgan fingerprint density at radius 1 is 1.17 bits per heavy atom. The van der Waals surface area contributed by atoms with E-state index in [9.17, 15) is 4.79 Å². The highest BCUT2D eigenvalue weighted by Gasteiger charge is 2.22. The number of carboxylic acid groups (broad SMARTS) is 1. The molecule has 1 N–H and O–H groups in total. The lowest BCUT2D eigenvalue weighted by Gasteiger charge is -2.18. The van der Waals surface area contributed by atoms with Gasteiger partial charge in [0.05, 0.1) is 13.7 Å². The third kappa shape index (κ3) is 6.66. The molecule has 3 rings (SSSR count). The maximum atomic E-state index is 10.5. The molecular formula is C26H30O4. The van der Waals surface area contributed by atoms with E-state index in [0.29, 0.717) is 12.2 Å². The molecule has 4 nitrogen and oxygen atoms in total. The lowest BCUT2D eigenvalue weighted by atomic mass is 9.91. The minimum absolute atomic E-state index is 0.0797. The average molecular weight is 407 g/mol. The molecule has 0 bridgehead atoms. The number of carbonyl (C=O) groups is 1. The van der Waals surface area contributed by atoms with Crippen molar-refractivity contribution in [2.45, 2.75) is 27.7 Å². The molecule has 30 heavy (non-hydrogen) atoms. The largest absolute Gasteiger partial charge is 0.497 e. The van der Waals surface area contributed by atoms with E-state index in [1.165, 1.54) is 11.6 Å². The molecule has 0 saturated heterocycles. The van der Waals surface area contributed by atoms with Crippen LogP contribution >= 0.6 is 0 Å². The summed E-state index contributed by atoms with van der Waals surface area (Å²) in [5.41, 5.74) is 4.08. The highest BCUT2D eigenvalue weighted by Crippen LogP contribution is 2.36. The first kappa shape index (κ1) is 23.0. The average Bonchev–Trinajstić information content (AvgIpc) is 2.83. The number of hydrogen-bond acceptors (Lipinski definition) is 3. The quantitative estimate of drug-likeness (QED) is 0.482. The van der Waals surface area contributed by atoms with Crippen molar-refractivity contribution in [3.63, 3.8) is 0 Å². The van der Waals surface area contributed by atoms with Gasteiger partial charge in [0.25, 0.3) is 0 Å². The van der Waals surface area contributed by atoms with Crippen LogP contribution in [0.5, 0.6) is 11.5 Å². The molecule has 0 unspecified atom stereocenters. The monoisotopic (exact) mass is 406 g/mol. The van der Waals surface area contributed by atoms with Gasteiger partial charge in [-0.2, -0.15) is 0 Å². The van der Waals surface area contributed by atoms with E-state index in [0.717, 1.165) is 22.6 Å². The van der Waals surface area contributed by atoms with E-state index >= 15 is 0 Å². The predicted octanol–water partition coefficient (Wildman–Crippen LogP) is 6.25. The van der Waals surface area contributed by atoms with Crippen LogP contribution in [0.25, 0.3) is 11.1 Å². The van der Waals surface area contributed by atoms with Crippen LogP contribution in [0.2, 0.25) is 0 Å². The molecule has 4 heteroatoms. The van der Waals surface area contributed by atoms with Gasteiger partial charge < -0.3 is 14.6 Å². The zero-order chi connectivity index (χ0) is 22.1. The molecule has 1 heterocycles. The summed E-state index contributed by atoms with van der Waals surface area (Å²) in [5.74, 6) is 0.886. The first-order chi connectivity index (χ1) is 14.3. The van der Waals surface area contributed by atoms with Crippen LogP contribution in [0.4, 0.5) is 0 Å². The second-order valence-corrected chi connectivity index (χ2v) is 7.77. The fourth-order valence-corrected chi connectivity index (χ4v) is 3.21. The molecule has 1 aliphatic rings. The number of rotatable bonds is 4. The van der Waals surface area contributed by atoms with Crippen LogP contribution in [-0.4, -0.2) is 24.8 Å². The van der Waals surface area contributed by atoms with E-state index in [2.05, 4.69) is 26.8 Å². The highest BCUT2D eigenvalue weighted by molar-refractivity contribution is 5.92. The normalized spacial score (nSPS) is 15.1. The van der Waals surface area contributed by atoms with Gasteiger partial charge in [0.1, 0.15) is 11.5 Å². The zero-order valence-corrected chi connectivity index (χ0v) is 18.3. The minimum Gasteiger partial charge on any atom is -0.497 e. The smallest absolute Gasteiger partial charge is 0.328 e. The Balaban J connectivity index is 0.000000216. The number of methoxy groups -OCH3 is 1. The number of benzene rings is 2. The van der Waals surface area contributed by atoms with E-state index in [4.69, 9.17) is 14.6 Å². The SMILES string of the molecule is C/C=C/C(=C/C(=O)O)c1ccccc1.COc1ccc2c(c1)C(C)=CC(C)(C)CO2. The summed E-state index contributed by atoms with van der Waals surface area (Å²) in [6.07, 6.45) is 7.07. The third-order valence-corrected chi connectivity index (χ3v) is 4.55. The molecule has 0 spiro atoms. The van der Waals surface area contributed by atoms with Gasteiger partial charge in [0.15, 0.2) is 0 Å². The first-order valence-electron chi connectivity index (χ1n) is 9.89. The molecular weight excluding hydrogens is 376 g/mol. The van der Waals surface area contributed by atoms with Crippen molar-refractivity contribution in [3.05, 3.63) is 84.0 Å². The Morgan fingerprint density at radius 3 is 2.47 bits per heavy atom. The number of allylic oxidation sites excluding steroid dienone is 4. The van der Waals surface area contributed by atoms with Crippen molar-refractivity contribution in [1.82, 2.24) is 0 Å². The van der Waals surface area contributed by atoms with Crippen LogP contribution < -0.4 is 9.47 Å². The topological polar surface area (TPSA) is 55.8 Å². The molecule has 0 amide bonds. The van der Waals surface area contributed by atoms with E-state index < -0.39 is 5.97 Å². The Bertz CT molecular complexity index is 950. The van der Waals surface area contributed by atoms with Crippen molar-refractivity contribution in [2.75, 3.05) is 13.7 Å². The summed E-state index contributed by atoms with van der Waals surface area (Å²) in [6, 6.07) is 15.4. The molecule has 0 saturated carbocycles. The van der Waals surface area contributed by atoms with E-state index in [-0.39, 0.29) is 5.41 Å². The zero-order valence-electron chi connectivity index (χ0n) is 18.3. The fourth-order valence-electron chi connectivity index (χ4n) is 3.21. The number of aliphatic carboxylic acids is 1. The number of hydrogen-bond donors (Lipinski definition) is 1. The lowest BCUT2D eigenvalue weighted by Crippen LogP contribution is -2.17. The summed E-state index contributed by atoms with van der Waals surface area (Å²) < 4.78 is 11.1. The molecule has 2 aromatic rings. The maximum absolute atomic E-state index is 10.5. The van der Waals surface area contributed by atoms with E-state index in [1.807, 2.05) is 61.5 Å². The second-order valence-electron chi connectivity index (χ2n) is 7.77. The Hall–Kier alpha value is -3.27. The molecule has 0 radical (unpaired) electrons. The van der Waals surface area contributed by atoms with Crippen LogP contribution in [0.15, 0.2) is 72.8 Å². The van der Waals surface area contributed by atoms with Crippen LogP contribution in [-0.2, 0) is 4.79 Å². The van der Waals surface area contributed by atoms with Crippen molar-refractivity contribution in [1.29, 1.82) is 0 Å². The summed E-state index contributed by atoms with van der Waals surface area (Å²) in [6.45, 7) is 9.05. The van der Waals surface area contributed by atoms with Gasteiger partial charge in [-0.1, -0.05) is 62.4 Å². The van der Waals surface area contributed by atoms with Crippen molar-refractivity contribution in [2.24, 2.45) is 5.41 Å². The molecule has 2 aromatic carbocycles. The number of fused-ring (bicyclic) bond motifs is 1. The van der Waals surface area contributed by atoms with Gasteiger partial charge in [-0.05, 0) is 48.8 Å². The van der Waals surface area contributed by atoms with Crippen LogP contribution in [0.3, 0.4) is 0 Å². The molecule has 158 valence electrons. The summed E-state index contributed by atoms with van der Waals surface area (Å²) in [4.78, 5) is 10.5. The molecule has 0 fully saturated rings. The summed E-state index contributed by atoms with van der Waals surface area (Å²) in [5, 5.41) is 8.66. The third-order valence-electron chi connectivity index (χ3n) is 4.55. The Labute approximate surface area is 179 Å². The highest BCUT2D eigenvalue weighted by atomic mass is 16.5. The van der Waals surface area contributed by atoms with Crippen LogP contribution in [0, 0.1) is 5.41 Å².